The van der Waals surface area contributed by atoms with Gasteiger partial charge in [-0.1, -0.05) is 48.3 Å². The maximum atomic E-state index is 13.7. The predicted molar refractivity (Wildman–Crippen MR) is 87.7 cm³/mol. The first-order chi connectivity index (χ1) is 10.0. The van der Waals surface area contributed by atoms with Crippen molar-refractivity contribution < 1.29 is 4.39 Å². The number of rotatable bonds is 5. The van der Waals surface area contributed by atoms with Gasteiger partial charge in [0.25, 0.3) is 0 Å². The molecule has 2 aromatic carbocycles. The molecule has 0 saturated carbocycles. The van der Waals surface area contributed by atoms with E-state index in [4.69, 9.17) is 23.2 Å². The molecular weight excluding hydrogens is 308 g/mol. The van der Waals surface area contributed by atoms with E-state index >= 15 is 0 Å². The van der Waals surface area contributed by atoms with Gasteiger partial charge in [-0.3, -0.25) is 0 Å². The van der Waals surface area contributed by atoms with Gasteiger partial charge in [0.05, 0.1) is 11.1 Å². The average Bonchev–Trinajstić information content (AvgIpc) is 2.46. The van der Waals surface area contributed by atoms with Crippen LogP contribution < -0.4 is 5.32 Å². The van der Waals surface area contributed by atoms with Gasteiger partial charge in [-0.25, -0.2) is 4.39 Å². The molecule has 1 nitrogen and oxygen atoms in total. The summed E-state index contributed by atoms with van der Waals surface area (Å²) < 4.78 is 13.7. The molecule has 21 heavy (non-hydrogen) atoms. The minimum atomic E-state index is -0.407. The van der Waals surface area contributed by atoms with E-state index in [0.717, 1.165) is 29.7 Å². The second-order valence-electron chi connectivity index (χ2n) is 5.07. The van der Waals surface area contributed by atoms with Crippen molar-refractivity contribution in [1.29, 1.82) is 0 Å². The SMILES string of the molecule is CCCNC(c1ccc(Cl)c(F)c1)c1ccc(C)c(Cl)c1. The lowest BCUT2D eigenvalue weighted by Crippen LogP contribution is -2.23. The fourth-order valence-electron chi connectivity index (χ4n) is 2.20. The third-order valence-electron chi connectivity index (χ3n) is 3.40. The Hall–Kier alpha value is -1.09. The Labute approximate surface area is 135 Å². The molecule has 1 N–H and O–H groups in total. The largest absolute Gasteiger partial charge is 0.306 e. The first-order valence-corrected chi connectivity index (χ1v) is 7.73. The summed E-state index contributed by atoms with van der Waals surface area (Å²) in [6.07, 6.45) is 0.992. The molecule has 2 aromatic rings. The second kappa shape index (κ2) is 7.26. The van der Waals surface area contributed by atoms with E-state index in [1.165, 1.54) is 6.07 Å². The van der Waals surface area contributed by atoms with Crippen LogP contribution in [0.1, 0.15) is 36.1 Å². The third kappa shape index (κ3) is 3.97. The van der Waals surface area contributed by atoms with Crippen LogP contribution in [-0.2, 0) is 0 Å². The summed E-state index contributed by atoms with van der Waals surface area (Å²) in [5.41, 5.74) is 2.88. The van der Waals surface area contributed by atoms with Crippen molar-refractivity contribution in [2.45, 2.75) is 26.3 Å². The minimum absolute atomic E-state index is 0.102. The quantitative estimate of drug-likeness (QED) is 0.762. The minimum Gasteiger partial charge on any atom is -0.306 e. The fraction of sp³-hybridized carbons (Fsp3) is 0.294. The van der Waals surface area contributed by atoms with Gasteiger partial charge in [0.1, 0.15) is 5.82 Å². The van der Waals surface area contributed by atoms with Crippen molar-refractivity contribution in [2.75, 3.05) is 6.54 Å². The Morgan fingerprint density at radius 3 is 2.33 bits per heavy atom. The molecule has 4 heteroatoms. The summed E-state index contributed by atoms with van der Waals surface area (Å²) >= 11 is 12.0. The molecule has 0 bridgehead atoms. The highest BCUT2D eigenvalue weighted by Crippen LogP contribution is 2.28. The Bertz CT molecular complexity index is 577. The standard InChI is InChI=1S/C17H18Cl2FN/c1-3-8-21-17(12-5-4-11(2)15(19)9-12)13-6-7-14(18)16(20)10-13/h4-7,9-10,17,21H,3,8H2,1-2H3. The Morgan fingerprint density at radius 2 is 1.71 bits per heavy atom. The number of aryl methyl sites for hydroxylation is 1. The monoisotopic (exact) mass is 325 g/mol. The van der Waals surface area contributed by atoms with Crippen molar-refractivity contribution >= 4 is 23.2 Å². The van der Waals surface area contributed by atoms with Crippen LogP contribution in [-0.4, -0.2) is 6.54 Å². The summed E-state index contributed by atoms with van der Waals surface area (Å²) in [5.74, 6) is -0.407. The smallest absolute Gasteiger partial charge is 0.142 e. The third-order valence-corrected chi connectivity index (χ3v) is 4.12. The van der Waals surface area contributed by atoms with Crippen LogP contribution in [0.3, 0.4) is 0 Å². The molecule has 0 aliphatic rings. The molecule has 0 aromatic heterocycles. The van der Waals surface area contributed by atoms with Crippen LogP contribution in [0.4, 0.5) is 4.39 Å². The van der Waals surface area contributed by atoms with Gasteiger partial charge < -0.3 is 5.32 Å². The van der Waals surface area contributed by atoms with Crippen LogP contribution in [0.25, 0.3) is 0 Å². The highest BCUT2D eigenvalue weighted by atomic mass is 35.5. The van der Waals surface area contributed by atoms with Gasteiger partial charge in [-0.15, -0.1) is 0 Å². The van der Waals surface area contributed by atoms with E-state index in [0.29, 0.717) is 5.02 Å². The van der Waals surface area contributed by atoms with Crippen molar-refractivity contribution in [3.63, 3.8) is 0 Å². The lowest BCUT2D eigenvalue weighted by Gasteiger charge is -2.20. The number of hydrogen-bond donors (Lipinski definition) is 1. The maximum absolute atomic E-state index is 13.7. The highest BCUT2D eigenvalue weighted by Gasteiger charge is 2.16. The lowest BCUT2D eigenvalue weighted by molar-refractivity contribution is 0.585. The predicted octanol–water partition coefficient (Wildman–Crippen LogP) is 5.53. The van der Waals surface area contributed by atoms with Crippen LogP contribution in [0.2, 0.25) is 10.0 Å². The van der Waals surface area contributed by atoms with Gasteiger partial charge in [0.2, 0.25) is 0 Å². The van der Waals surface area contributed by atoms with Crippen LogP contribution in [0.15, 0.2) is 36.4 Å². The van der Waals surface area contributed by atoms with E-state index in [9.17, 15) is 4.39 Å². The Balaban J connectivity index is 2.41. The van der Waals surface area contributed by atoms with Gasteiger partial charge in [-0.2, -0.15) is 0 Å². The van der Waals surface area contributed by atoms with Crippen LogP contribution in [0.5, 0.6) is 0 Å². The molecule has 0 amide bonds. The zero-order chi connectivity index (χ0) is 15.4. The average molecular weight is 326 g/mol. The number of halogens is 3. The van der Waals surface area contributed by atoms with E-state index < -0.39 is 5.82 Å². The molecule has 0 aliphatic carbocycles. The van der Waals surface area contributed by atoms with Crippen molar-refractivity contribution in [2.24, 2.45) is 0 Å². The van der Waals surface area contributed by atoms with E-state index in [1.54, 1.807) is 6.07 Å². The molecule has 0 aliphatic heterocycles. The summed E-state index contributed by atoms with van der Waals surface area (Å²) in [6.45, 7) is 4.89. The van der Waals surface area contributed by atoms with Crippen molar-refractivity contribution in [3.8, 4) is 0 Å². The summed E-state index contributed by atoms with van der Waals surface area (Å²) in [4.78, 5) is 0. The molecule has 112 valence electrons. The second-order valence-corrected chi connectivity index (χ2v) is 5.88. The maximum Gasteiger partial charge on any atom is 0.142 e. The normalized spacial score (nSPS) is 12.4. The number of benzene rings is 2. The van der Waals surface area contributed by atoms with Gasteiger partial charge >= 0.3 is 0 Å². The molecule has 0 saturated heterocycles. The molecule has 2 rings (SSSR count). The van der Waals surface area contributed by atoms with E-state index in [1.807, 2.05) is 31.2 Å². The lowest BCUT2D eigenvalue weighted by atomic mass is 9.97. The summed E-state index contributed by atoms with van der Waals surface area (Å²) in [6, 6.07) is 10.7. The number of hydrogen-bond acceptors (Lipinski definition) is 1. The molecular formula is C17H18Cl2FN. The number of nitrogens with one attached hydrogen (secondary N) is 1. The zero-order valence-corrected chi connectivity index (χ0v) is 13.6. The molecule has 1 atom stereocenters. The molecule has 1 unspecified atom stereocenters. The first-order valence-electron chi connectivity index (χ1n) is 6.97. The molecule has 0 fully saturated rings. The van der Waals surface area contributed by atoms with Crippen LogP contribution in [0, 0.1) is 12.7 Å². The summed E-state index contributed by atoms with van der Waals surface area (Å²) in [7, 11) is 0. The van der Waals surface area contributed by atoms with Crippen molar-refractivity contribution in [1.82, 2.24) is 5.32 Å². The van der Waals surface area contributed by atoms with Crippen molar-refractivity contribution in [3.05, 3.63) is 69.0 Å². The topological polar surface area (TPSA) is 12.0 Å². The zero-order valence-electron chi connectivity index (χ0n) is 12.1. The van der Waals surface area contributed by atoms with E-state index in [2.05, 4.69) is 12.2 Å². The molecule has 0 spiro atoms. The first kappa shape index (κ1) is 16.3. The molecule has 0 radical (unpaired) electrons. The Kier molecular flexibility index (Phi) is 5.63. The van der Waals surface area contributed by atoms with E-state index in [-0.39, 0.29) is 11.1 Å². The van der Waals surface area contributed by atoms with Gasteiger partial charge in [0, 0.05) is 5.02 Å². The van der Waals surface area contributed by atoms with Gasteiger partial charge in [0.15, 0.2) is 0 Å². The highest BCUT2D eigenvalue weighted by molar-refractivity contribution is 6.31. The molecule has 0 heterocycles. The summed E-state index contributed by atoms with van der Waals surface area (Å²) in [5, 5.41) is 4.27. The Morgan fingerprint density at radius 1 is 1.05 bits per heavy atom. The fourth-order valence-corrected chi connectivity index (χ4v) is 2.50. The van der Waals surface area contributed by atoms with Crippen LogP contribution >= 0.6 is 23.2 Å². The van der Waals surface area contributed by atoms with Gasteiger partial charge in [-0.05, 0) is 54.8 Å².